The van der Waals surface area contributed by atoms with Crippen molar-refractivity contribution in [2.75, 3.05) is 23.6 Å². The number of para-hydroxylation sites is 2. The van der Waals surface area contributed by atoms with Crippen LogP contribution in [0.1, 0.15) is 18.0 Å². The largest absolute Gasteiger partial charge is 0.454 e. The van der Waals surface area contributed by atoms with Crippen LogP contribution in [-0.4, -0.2) is 34.7 Å². The maximum Gasteiger partial charge on any atom is 0.253 e. The first-order valence-electron chi connectivity index (χ1n) is 11.2. The molecule has 8 nitrogen and oxygen atoms in total. The molecule has 34 heavy (non-hydrogen) atoms. The molecule has 2 amide bonds. The molecule has 1 atom stereocenters. The Balaban J connectivity index is 1.26. The number of carbonyl (C=O) groups excluding carboxylic acids is 2. The van der Waals surface area contributed by atoms with Gasteiger partial charge in [-0.2, -0.15) is 0 Å². The second kappa shape index (κ2) is 8.22. The highest BCUT2D eigenvalue weighted by atomic mass is 16.7. The van der Waals surface area contributed by atoms with Gasteiger partial charge >= 0.3 is 0 Å². The van der Waals surface area contributed by atoms with Crippen molar-refractivity contribution in [1.29, 1.82) is 0 Å². The normalized spacial score (nSPS) is 16.2. The van der Waals surface area contributed by atoms with E-state index in [1.54, 1.807) is 23.1 Å². The summed E-state index contributed by atoms with van der Waals surface area (Å²) in [6, 6.07) is 22.3. The van der Waals surface area contributed by atoms with Crippen LogP contribution in [0.5, 0.6) is 11.5 Å². The molecule has 0 saturated carbocycles. The van der Waals surface area contributed by atoms with Gasteiger partial charge in [-0.15, -0.1) is 0 Å². The average molecular weight is 454 g/mol. The van der Waals surface area contributed by atoms with Gasteiger partial charge in [-0.1, -0.05) is 42.5 Å². The Hall–Kier alpha value is -4.33. The Morgan fingerprint density at radius 1 is 1.00 bits per heavy atom. The number of ether oxygens (including phenoxy) is 2. The monoisotopic (exact) mass is 454 g/mol. The Bertz CT molecular complexity index is 1400. The third-order valence-corrected chi connectivity index (χ3v) is 6.18. The van der Waals surface area contributed by atoms with Gasteiger partial charge in [0.2, 0.25) is 18.6 Å². The van der Waals surface area contributed by atoms with Crippen LogP contribution in [-0.2, 0) is 16.0 Å². The van der Waals surface area contributed by atoms with E-state index in [1.807, 2.05) is 59.2 Å². The van der Waals surface area contributed by atoms with Crippen LogP contribution in [0, 0.1) is 0 Å². The fourth-order valence-corrected chi connectivity index (χ4v) is 4.55. The number of aromatic nitrogens is 2. The van der Waals surface area contributed by atoms with Crippen LogP contribution >= 0.6 is 0 Å². The van der Waals surface area contributed by atoms with E-state index in [0.29, 0.717) is 36.1 Å². The fraction of sp³-hybridized carbons (Fsp3) is 0.192. The van der Waals surface area contributed by atoms with Gasteiger partial charge in [0.25, 0.3) is 5.91 Å². The molecule has 0 spiro atoms. The van der Waals surface area contributed by atoms with E-state index in [9.17, 15) is 9.59 Å². The Morgan fingerprint density at radius 3 is 2.68 bits per heavy atom. The lowest BCUT2D eigenvalue weighted by Crippen LogP contribution is -2.33. The Labute approximate surface area is 195 Å². The van der Waals surface area contributed by atoms with Crippen LogP contribution in [0.25, 0.3) is 11.0 Å². The highest BCUT2D eigenvalue weighted by Crippen LogP contribution is 2.37. The fourth-order valence-electron chi connectivity index (χ4n) is 4.55. The van der Waals surface area contributed by atoms with Crippen molar-refractivity contribution in [2.45, 2.75) is 18.9 Å². The number of nitrogens with zero attached hydrogens (tertiary/aromatic N) is 3. The molecule has 170 valence electrons. The van der Waals surface area contributed by atoms with Crippen LogP contribution in [0.3, 0.4) is 0 Å². The van der Waals surface area contributed by atoms with E-state index in [-0.39, 0.29) is 25.0 Å². The number of fused-ring (bicyclic) bond motifs is 4. The molecule has 4 aromatic rings. The molecule has 0 saturated heterocycles. The van der Waals surface area contributed by atoms with Crippen molar-refractivity contribution in [3.8, 4) is 11.5 Å². The number of amides is 2. The average Bonchev–Trinajstić information content (AvgIpc) is 3.53. The smallest absolute Gasteiger partial charge is 0.253 e. The first-order chi connectivity index (χ1) is 16.7. The standard InChI is InChI=1S/C26H22N4O4/c31-24(27-18-10-11-22-23(14-18)34-16-33-22)15-21-25(32)29(13-12-17-6-2-1-3-7-17)26-28-19-8-4-5-9-20(19)30(21)26/h1-11,14,21H,12-13,15-16H2,(H,27,31)/t21-/m0/s1. The van der Waals surface area contributed by atoms with Gasteiger partial charge < -0.3 is 14.8 Å². The van der Waals surface area contributed by atoms with Gasteiger partial charge in [0, 0.05) is 18.3 Å². The lowest BCUT2D eigenvalue weighted by atomic mass is 10.1. The van der Waals surface area contributed by atoms with Crippen molar-refractivity contribution in [3.63, 3.8) is 0 Å². The van der Waals surface area contributed by atoms with E-state index in [0.717, 1.165) is 16.6 Å². The molecule has 1 aromatic heterocycles. The number of anilines is 2. The number of rotatable bonds is 6. The highest BCUT2D eigenvalue weighted by molar-refractivity contribution is 6.05. The summed E-state index contributed by atoms with van der Waals surface area (Å²) in [7, 11) is 0. The van der Waals surface area contributed by atoms with E-state index >= 15 is 0 Å². The number of carbonyl (C=O) groups is 2. The van der Waals surface area contributed by atoms with E-state index < -0.39 is 6.04 Å². The highest BCUT2D eigenvalue weighted by Gasteiger charge is 2.40. The van der Waals surface area contributed by atoms with Gasteiger partial charge in [0.15, 0.2) is 11.5 Å². The summed E-state index contributed by atoms with van der Waals surface area (Å²) in [6.45, 7) is 0.658. The van der Waals surface area contributed by atoms with Crippen LogP contribution in [0.15, 0.2) is 72.8 Å². The summed E-state index contributed by atoms with van der Waals surface area (Å²) in [4.78, 5) is 32.9. The minimum absolute atomic E-state index is 0.00245. The van der Waals surface area contributed by atoms with Crippen molar-refractivity contribution in [1.82, 2.24) is 9.55 Å². The molecule has 2 aliphatic heterocycles. The SMILES string of the molecule is O=C(C[C@H]1C(=O)N(CCc2ccccc2)c2nc3ccccc3n21)Nc1ccc2c(c1)OCO2. The van der Waals surface area contributed by atoms with Crippen LogP contribution < -0.4 is 19.7 Å². The molecular weight excluding hydrogens is 432 g/mol. The summed E-state index contributed by atoms with van der Waals surface area (Å²) >= 11 is 0. The predicted molar refractivity (Wildman–Crippen MR) is 127 cm³/mol. The minimum atomic E-state index is -0.660. The van der Waals surface area contributed by atoms with Crippen LogP contribution in [0.4, 0.5) is 11.6 Å². The number of hydrogen-bond acceptors (Lipinski definition) is 5. The first-order valence-corrected chi connectivity index (χ1v) is 11.2. The topological polar surface area (TPSA) is 85.7 Å². The molecule has 3 heterocycles. The number of nitrogens with one attached hydrogen (secondary N) is 1. The lowest BCUT2D eigenvalue weighted by molar-refractivity contribution is -0.124. The molecule has 6 rings (SSSR count). The Morgan fingerprint density at radius 2 is 1.79 bits per heavy atom. The van der Waals surface area contributed by atoms with E-state index in [4.69, 9.17) is 14.5 Å². The minimum Gasteiger partial charge on any atom is -0.454 e. The zero-order valence-corrected chi connectivity index (χ0v) is 18.3. The maximum absolute atomic E-state index is 13.5. The van der Waals surface area contributed by atoms with E-state index in [1.165, 1.54) is 0 Å². The molecule has 0 unspecified atom stereocenters. The van der Waals surface area contributed by atoms with E-state index in [2.05, 4.69) is 5.32 Å². The van der Waals surface area contributed by atoms with Gasteiger partial charge in [-0.05, 0) is 36.2 Å². The molecule has 3 aromatic carbocycles. The molecule has 2 aliphatic rings. The zero-order valence-electron chi connectivity index (χ0n) is 18.3. The molecule has 0 radical (unpaired) electrons. The van der Waals surface area contributed by atoms with Gasteiger partial charge in [-0.3, -0.25) is 19.1 Å². The molecule has 0 bridgehead atoms. The Kier molecular flexibility index (Phi) is 4.91. The first kappa shape index (κ1) is 20.3. The summed E-state index contributed by atoms with van der Waals surface area (Å²) in [5.74, 6) is 1.44. The van der Waals surface area contributed by atoms with Crippen LogP contribution in [0.2, 0.25) is 0 Å². The summed E-state index contributed by atoms with van der Waals surface area (Å²) in [5.41, 5.74) is 3.38. The van der Waals surface area contributed by atoms with Gasteiger partial charge in [0.1, 0.15) is 6.04 Å². The molecule has 8 heteroatoms. The van der Waals surface area contributed by atoms with Crippen molar-refractivity contribution >= 4 is 34.5 Å². The van der Waals surface area contributed by atoms with Gasteiger partial charge in [0.05, 0.1) is 17.5 Å². The van der Waals surface area contributed by atoms with Crippen molar-refractivity contribution in [2.24, 2.45) is 0 Å². The summed E-state index contributed by atoms with van der Waals surface area (Å²) in [5, 5.41) is 2.88. The predicted octanol–water partition coefficient (Wildman–Crippen LogP) is 3.92. The molecular formula is C26H22N4O4. The second-order valence-electron chi connectivity index (χ2n) is 8.33. The van der Waals surface area contributed by atoms with Crippen molar-refractivity contribution in [3.05, 3.63) is 78.4 Å². The summed E-state index contributed by atoms with van der Waals surface area (Å²) in [6.07, 6.45) is 0.703. The zero-order chi connectivity index (χ0) is 23.1. The molecule has 0 aliphatic carbocycles. The maximum atomic E-state index is 13.5. The lowest BCUT2D eigenvalue weighted by Gasteiger charge is -2.16. The number of imidazole rings is 1. The van der Waals surface area contributed by atoms with Crippen molar-refractivity contribution < 1.29 is 19.1 Å². The summed E-state index contributed by atoms with van der Waals surface area (Å²) < 4.78 is 12.6. The quantitative estimate of drug-likeness (QED) is 0.477. The molecule has 0 fully saturated rings. The number of benzene rings is 3. The molecule has 1 N–H and O–H groups in total. The second-order valence-corrected chi connectivity index (χ2v) is 8.33. The number of hydrogen-bond donors (Lipinski definition) is 1. The third kappa shape index (κ3) is 3.53. The third-order valence-electron chi connectivity index (χ3n) is 6.18. The van der Waals surface area contributed by atoms with Gasteiger partial charge in [-0.25, -0.2) is 4.98 Å².